The van der Waals surface area contributed by atoms with E-state index in [2.05, 4.69) is 99.1 Å². The molecule has 3 heterocycles. The highest BCUT2D eigenvalue weighted by molar-refractivity contribution is 9.10. The number of aromatic nitrogens is 3. The van der Waals surface area contributed by atoms with Gasteiger partial charge in [-0.25, -0.2) is 4.98 Å². The van der Waals surface area contributed by atoms with E-state index < -0.39 is 0 Å². The predicted octanol–water partition coefficient (Wildman–Crippen LogP) is 6.84. The van der Waals surface area contributed by atoms with Crippen molar-refractivity contribution in [3.8, 4) is 11.3 Å². The third-order valence-corrected chi connectivity index (χ3v) is 6.18. The van der Waals surface area contributed by atoms with E-state index in [1.54, 1.807) is 0 Å². The van der Waals surface area contributed by atoms with E-state index in [1.165, 1.54) is 22.3 Å². The number of nitrogens with zero attached hydrogens (tertiary/aromatic N) is 3. The lowest BCUT2D eigenvalue weighted by molar-refractivity contribution is 0.571. The summed E-state index contributed by atoms with van der Waals surface area (Å²) in [5.41, 5.74) is 10.4. The Morgan fingerprint density at radius 1 is 0.893 bits per heavy atom. The molecule has 3 nitrogen and oxygen atoms in total. The van der Waals surface area contributed by atoms with Gasteiger partial charge in [0.1, 0.15) is 10.3 Å². The van der Waals surface area contributed by atoms with E-state index >= 15 is 0 Å². The normalized spacial score (nSPS) is 12.3. The maximum Gasteiger partial charge on any atom is 0.148 e. The van der Waals surface area contributed by atoms with Gasteiger partial charge in [0.05, 0.1) is 16.9 Å². The Balaban J connectivity index is 2.18. The standard InChI is InChI=1S/C24H26BrN3/c1-13-10-14(2)21(15(3)11-13)19-12-18-17(8-9-20(26-18)24(5,6)7)23-27-22(25)16(4)28(19)23/h8-12H,1-7H3. The lowest BCUT2D eigenvalue weighted by Crippen LogP contribution is -2.13. The van der Waals surface area contributed by atoms with Crippen molar-refractivity contribution in [1.29, 1.82) is 0 Å². The van der Waals surface area contributed by atoms with Crippen LogP contribution < -0.4 is 0 Å². The van der Waals surface area contributed by atoms with Crippen LogP contribution in [0.25, 0.3) is 27.8 Å². The molecule has 0 radical (unpaired) electrons. The van der Waals surface area contributed by atoms with Gasteiger partial charge in [-0.3, -0.25) is 9.38 Å². The molecule has 0 saturated carbocycles. The van der Waals surface area contributed by atoms with Crippen molar-refractivity contribution in [2.24, 2.45) is 0 Å². The third-order valence-electron chi connectivity index (χ3n) is 5.43. The van der Waals surface area contributed by atoms with E-state index in [0.29, 0.717) is 0 Å². The van der Waals surface area contributed by atoms with Crippen molar-refractivity contribution in [3.63, 3.8) is 0 Å². The summed E-state index contributed by atoms with van der Waals surface area (Å²) in [6.45, 7) is 15.2. The van der Waals surface area contributed by atoms with E-state index in [4.69, 9.17) is 9.97 Å². The molecule has 0 bridgehead atoms. The van der Waals surface area contributed by atoms with Crippen molar-refractivity contribution in [3.05, 3.63) is 63.0 Å². The van der Waals surface area contributed by atoms with Gasteiger partial charge >= 0.3 is 0 Å². The van der Waals surface area contributed by atoms with Crippen molar-refractivity contribution in [1.82, 2.24) is 14.4 Å². The van der Waals surface area contributed by atoms with Gasteiger partial charge in [-0.15, -0.1) is 0 Å². The monoisotopic (exact) mass is 435 g/mol. The molecule has 0 amide bonds. The average Bonchev–Trinajstić information content (AvgIpc) is 2.88. The number of imidazole rings is 1. The highest BCUT2D eigenvalue weighted by Gasteiger charge is 2.20. The average molecular weight is 436 g/mol. The van der Waals surface area contributed by atoms with Gasteiger partial charge in [-0.2, -0.15) is 0 Å². The molecule has 28 heavy (non-hydrogen) atoms. The molecule has 4 aromatic rings. The minimum atomic E-state index is 0.00208. The summed E-state index contributed by atoms with van der Waals surface area (Å²) in [7, 11) is 0. The molecule has 0 atom stereocenters. The molecule has 0 fully saturated rings. The summed E-state index contributed by atoms with van der Waals surface area (Å²) in [4.78, 5) is 9.87. The van der Waals surface area contributed by atoms with Gasteiger partial charge in [0, 0.05) is 22.1 Å². The molecule has 1 aromatic carbocycles. The smallest absolute Gasteiger partial charge is 0.148 e. The number of pyridine rings is 2. The summed E-state index contributed by atoms with van der Waals surface area (Å²) in [6.07, 6.45) is 0. The van der Waals surface area contributed by atoms with Gasteiger partial charge < -0.3 is 0 Å². The minimum absolute atomic E-state index is 0.00208. The van der Waals surface area contributed by atoms with Crippen LogP contribution in [0.15, 0.2) is 34.9 Å². The first-order valence-corrected chi connectivity index (χ1v) is 10.4. The van der Waals surface area contributed by atoms with Crippen LogP contribution in [-0.4, -0.2) is 14.4 Å². The molecular weight excluding hydrogens is 410 g/mol. The molecule has 0 spiro atoms. The number of hydrogen-bond acceptors (Lipinski definition) is 2. The molecule has 0 aliphatic heterocycles. The molecule has 3 aromatic heterocycles. The maximum atomic E-state index is 5.03. The number of aryl methyl sites for hydroxylation is 4. The molecule has 0 N–H and O–H groups in total. The fourth-order valence-electron chi connectivity index (χ4n) is 4.10. The fourth-order valence-corrected chi connectivity index (χ4v) is 4.45. The third kappa shape index (κ3) is 2.95. The van der Waals surface area contributed by atoms with Crippen molar-refractivity contribution >= 4 is 32.5 Å². The Labute approximate surface area is 175 Å². The maximum absolute atomic E-state index is 5.03. The quantitative estimate of drug-likeness (QED) is 0.327. The van der Waals surface area contributed by atoms with Gasteiger partial charge in [0.2, 0.25) is 0 Å². The van der Waals surface area contributed by atoms with Gasteiger partial charge in [-0.1, -0.05) is 38.5 Å². The highest BCUT2D eigenvalue weighted by atomic mass is 79.9. The summed E-state index contributed by atoms with van der Waals surface area (Å²) in [5.74, 6) is 0. The first-order valence-electron chi connectivity index (χ1n) is 9.65. The Hall–Kier alpha value is -2.20. The number of halogens is 1. The van der Waals surface area contributed by atoms with Crippen LogP contribution >= 0.6 is 15.9 Å². The first kappa shape index (κ1) is 19.1. The van der Waals surface area contributed by atoms with Crippen molar-refractivity contribution in [2.45, 2.75) is 53.9 Å². The predicted molar refractivity (Wildman–Crippen MR) is 121 cm³/mol. The second-order valence-corrected chi connectivity index (χ2v) is 9.58. The molecule has 0 aliphatic rings. The van der Waals surface area contributed by atoms with E-state index in [0.717, 1.165) is 38.2 Å². The van der Waals surface area contributed by atoms with Crippen LogP contribution in [0.1, 0.15) is 48.8 Å². The first-order chi connectivity index (χ1) is 13.1. The van der Waals surface area contributed by atoms with Crippen molar-refractivity contribution in [2.75, 3.05) is 0 Å². The molecule has 144 valence electrons. The van der Waals surface area contributed by atoms with Gasteiger partial charge in [0.25, 0.3) is 0 Å². The Bertz CT molecular complexity index is 1220. The minimum Gasteiger partial charge on any atom is -0.295 e. The summed E-state index contributed by atoms with van der Waals surface area (Å²) in [5, 5.41) is 1.08. The zero-order valence-electron chi connectivity index (χ0n) is 17.6. The van der Waals surface area contributed by atoms with E-state index in [-0.39, 0.29) is 5.41 Å². The zero-order valence-corrected chi connectivity index (χ0v) is 19.2. The second-order valence-electron chi connectivity index (χ2n) is 8.83. The van der Waals surface area contributed by atoms with Crippen LogP contribution in [0.3, 0.4) is 0 Å². The topological polar surface area (TPSA) is 30.2 Å². The highest BCUT2D eigenvalue weighted by Crippen LogP contribution is 2.35. The van der Waals surface area contributed by atoms with Crippen molar-refractivity contribution < 1.29 is 0 Å². The lowest BCUT2D eigenvalue weighted by atomic mass is 9.91. The Morgan fingerprint density at radius 2 is 1.54 bits per heavy atom. The van der Waals surface area contributed by atoms with Crippen LogP contribution in [0.2, 0.25) is 0 Å². The summed E-state index contributed by atoms with van der Waals surface area (Å²) < 4.78 is 3.14. The fraction of sp³-hybridized carbons (Fsp3) is 0.333. The lowest BCUT2D eigenvalue weighted by Gasteiger charge is -2.19. The van der Waals surface area contributed by atoms with Crippen LogP contribution in [-0.2, 0) is 5.41 Å². The van der Waals surface area contributed by atoms with Crippen LogP contribution in [0, 0.1) is 27.7 Å². The molecule has 0 unspecified atom stereocenters. The largest absolute Gasteiger partial charge is 0.295 e. The number of fused-ring (bicyclic) bond motifs is 3. The number of hydrogen-bond donors (Lipinski definition) is 0. The number of rotatable bonds is 1. The SMILES string of the molecule is Cc1cc(C)c(-c2cc3nc(C(C)(C)C)ccc3c3nc(Br)c(C)n23)c(C)c1. The van der Waals surface area contributed by atoms with Crippen LogP contribution in [0.4, 0.5) is 0 Å². The molecule has 4 rings (SSSR count). The Kier molecular flexibility index (Phi) is 4.38. The summed E-state index contributed by atoms with van der Waals surface area (Å²) in [6, 6.07) is 11.0. The van der Waals surface area contributed by atoms with Gasteiger partial charge in [-0.05, 0) is 73.0 Å². The molecule has 0 saturated heterocycles. The second kappa shape index (κ2) is 6.41. The van der Waals surface area contributed by atoms with E-state index in [1.807, 2.05) is 0 Å². The Morgan fingerprint density at radius 3 is 2.14 bits per heavy atom. The zero-order chi connectivity index (χ0) is 20.4. The number of benzene rings is 1. The van der Waals surface area contributed by atoms with E-state index in [9.17, 15) is 0 Å². The van der Waals surface area contributed by atoms with Gasteiger partial charge in [0.15, 0.2) is 0 Å². The molecule has 0 aliphatic carbocycles. The summed E-state index contributed by atoms with van der Waals surface area (Å²) >= 11 is 3.64. The van der Waals surface area contributed by atoms with Crippen LogP contribution in [0.5, 0.6) is 0 Å². The molecular formula is C24H26BrN3. The molecule has 4 heteroatoms.